The van der Waals surface area contributed by atoms with Gasteiger partial charge in [-0.25, -0.2) is 4.98 Å². The third-order valence-electron chi connectivity index (χ3n) is 5.46. The molecule has 5 N–H and O–H groups in total. The molecule has 0 spiro atoms. The van der Waals surface area contributed by atoms with Crippen LogP contribution in [0.25, 0.3) is 11.0 Å². The minimum atomic E-state index is -1.35. The molecule has 3 rings (SSSR count). The van der Waals surface area contributed by atoms with Crippen molar-refractivity contribution in [1.29, 1.82) is 0 Å². The van der Waals surface area contributed by atoms with Crippen LogP contribution in [0.3, 0.4) is 0 Å². The number of methoxy groups -OCH3 is 1. The maximum atomic E-state index is 13.0. The zero-order chi connectivity index (χ0) is 22.8. The van der Waals surface area contributed by atoms with E-state index in [0.717, 1.165) is 0 Å². The van der Waals surface area contributed by atoms with Crippen LogP contribution in [0.4, 0.5) is 5.82 Å². The van der Waals surface area contributed by atoms with E-state index in [1.807, 2.05) is 0 Å². The summed E-state index contributed by atoms with van der Waals surface area (Å²) in [6.45, 7) is 1.56. The molecule has 31 heavy (non-hydrogen) atoms. The fourth-order valence-electron chi connectivity index (χ4n) is 3.91. The molecule has 0 saturated heterocycles. The highest BCUT2D eigenvalue weighted by atomic mass is 16.5. The van der Waals surface area contributed by atoms with Crippen LogP contribution in [0.5, 0.6) is 0 Å². The molecule has 9 heteroatoms. The lowest BCUT2D eigenvalue weighted by molar-refractivity contribution is 0.0274. The van der Waals surface area contributed by atoms with Gasteiger partial charge in [0, 0.05) is 20.2 Å². The lowest BCUT2D eigenvalue weighted by Crippen LogP contribution is -2.32. The molecule has 0 radical (unpaired) electrons. The van der Waals surface area contributed by atoms with E-state index in [1.165, 1.54) is 21.1 Å². The number of nitrogen functional groups attached to an aromatic ring is 1. The van der Waals surface area contributed by atoms with Gasteiger partial charge < -0.3 is 30.6 Å². The highest BCUT2D eigenvalue weighted by Crippen LogP contribution is 2.33. The summed E-state index contributed by atoms with van der Waals surface area (Å²) in [5, 5.41) is 22.8. The highest BCUT2D eigenvalue weighted by molar-refractivity contribution is 6.01. The number of amides is 1. The minimum absolute atomic E-state index is 0.0329. The number of anilines is 1. The normalized spacial score (nSPS) is 20.5. The number of aromatic nitrogens is 2. The summed E-state index contributed by atoms with van der Waals surface area (Å²) in [6, 6.07) is 3.01. The first-order chi connectivity index (χ1) is 14.7. The zero-order valence-corrected chi connectivity index (χ0v) is 17.9. The number of nitrogens with one attached hydrogen (secondary N) is 1. The van der Waals surface area contributed by atoms with Crippen molar-refractivity contribution in [2.45, 2.75) is 50.4 Å². The Morgan fingerprint density at radius 3 is 2.68 bits per heavy atom. The van der Waals surface area contributed by atoms with Gasteiger partial charge in [-0.05, 0) is 50.7 Å². The average molecular weight is 428 g/mol. The third-order valence-corrected chi connectivity index (χ3v) is 5.46. The van der Waals surface area contributed by atoms with E-state index in [9.17, 15) is 19.8 Å². The summed E-state index contributed by atoms with van der Waals surface area (Å²) in [4.78, 5) is 30.0. The van der Waals surface area contributed by atoms with Crippen molar-refractivity contribution in [2.75, 3.05) is 26.5 Å². The largest absolute Gasteiger partial charge is 0.393 e. The second-order valence-electron chi connectivity index (χ2n) is 8.03. The van der Waals surface area contributed by atoms with Crippen LogP contribution in [-0.2, 0) is 4.74 Å². The molecule has 166 valence electrons. The van der Waals surface area contributed by atoms with Gasteiger partial charge in [0.1, 0.15) is 28.3 Å². The Hall–Kier alpha value is -2.93. The standard InChI is InChI=1S/C22H28N4O5/c1-22(30,12-31-3)11-10-13-4-9-16-18(28)17(21(29)24-2)19(23)26(20(16)25-13)14-5-7-15(27)8-6-14/h4,9,14-15,27,30H,5-8,12,23H2,1-3H3,(H,24,29). The topological polar surface area (TPSA) is 140 Å². The lowest BCUT2D eigenvalue weighted by Gasteiger charge is -2.30. The number of aliphatic hydroxyl groups excluding tert-OH is 1. The first-order valence-corrected chi connectivity index (χ1v) is 10.2. The van der Waals surface area contributed by atoms with Crippen LogP contribution in [0, 0.1) is 11.8 Å². The molecule has 1 aliphatic carbocycles. The van der Waals surface area contributed by atoms with Crippen LogP contribution in [-0.4, -0.2) is 58.1 Å². The number of carbonyl (C=O) groups excluding carboxylic acids is 1. The van der Waals surface area contributed by atoms with Crippen molar-refractivity contribution in [3.63, 3.8) is 0 Å². The SMILES string of the molecule is CNC(=O)c1c(N)n(C2CCC(O)CC2)c2nc(C#CC(C)(O)COC)ccc2c1=O. The van der Waals surface area contributed by atoms with Crippen LogP contribution < -0.4 is 16.5 Å². The molecular formula is C22H28N4O5. The van der Waals surface area contributed by atoms with E-state index in [2.05, 4.69) is 22.1 Å². The van der Waals surface area contributed by atoms with Gasteiger partial charge >= 0.3 is 0 Å². The maximum absolute atomic E-state index is 13.0. The lowest BCUT2D eigenvalue weighted by atomic mass is 9.92. The fourth-order valence-corrected chi connectivity index (χ4v) is 3.91. The number of hydrogen-bond acceptors (Lipinski definition) is 7. The molecular weight excluding hydrogens is 400 g/mol. The molecule has 0 aromatic carbocycles. The number of ether oxygens (including phenoxy) is 1. The van der Waals surface area contributed by atoms with Crippen molar-refractivity contribution < 1.29 is 19.7 Å². The van der Waals surface area contributed by atoms with Gasteiger partial charge in [-0.1, -0.05) is 5.92 Å². The van der Waals surface area contributed by atoms with Gasteiger partial charge in [0.15, 0.2) is 0 Å². The Labute approximate surface area is 180 Å². The molecule has 1 aliphatic rings. The Bertz CT molecular complexity index is 1100. The van der Waals surface area contributed by atoms with Crippen molar-refractivity contribution in [3.05, 3.63) is 33.6 Å². The molecule has 1 fully saturated rings. The van der Waals surface area contributed by atoms with E-state index in [0.29, 0.717) is 37.0 Å². The highest BCUT2D eigenvalue weighted by Gasteiger charge is 2.28. The molecule has 9 nitrogen and oxygen atoms in total. The van der Waals surface area contributed by atoms with E-state index < -0.39 is 16.9 Å². The fraction of sp³-hybridized carbons (Fsp3) is 0.500. The van der Waals surface area contributed by atoms with E-state index in [4.69, 9.17) is 10.5 Å². The molecule has 2 aromatic heterocycles. The van der Waals surface area contributed by atoms with Crippen molar-refractivity contribution in [1.82, 2.24) is 14.9 Å². The van der Waals surface area contributed by atoms with Crippen LogP contribution in [0.15, 0.2) is 16.9 Å². The number of aliphatic hydroxyl groups is 2. The van der Waals surface area contributed by atoms with Crippen LogP contribution in [0.1, 0.15) is 54.7 Å². The van der Waals surface area contributed by atoms with Gasteiger partial charge in [0.25, 0.3) is 5.91 Å². The van der Waals surface area contributed by atoms with Crippen LogP contribution in [0.2, 0.25) is 0 Å². The molecule has 1 atom stereocenters. The van der Waals surface area contributed by atoms with Gasteiger partial charge in [-0.15, -0.1) is 0 Å². The summed E-state index contributed by atoms with van der Waals surface area (Å²) >= 11 is 0. The second kappa shape index (κ2) is 9.06. The molecule has 1 amide bonds. The van der Waals surface area contributed by atoms with Crippen molar-refractivity contribution in [2.24, 2.45) is 0 Å². The maximum Gasteiger partial charge on any atom is 0.258 e. The van der Waals surface area contributed by atoms with Gasteiger partial charge in [0.2, 0.25) is 5.43 Å². The van der Waals surface area contributed by atoms with E-state index in [-0.39, 0.29) is 35.5 Å². The molecule has 1 unspecified atom stereocenters. The number of carbonyl (C=O) groups is 1. The molecule has 2 heterocycles. The number of pyridine rings is 2. The van der Waals surface area contributed by atoms with Crippen molar-refractivity contribution >= 4 is 22.8 Å². The molecule has 1 saturated carbocycles. The summed E-state index contributed by atoms with van der Waals surface area (Å²) in [7, 11) is 2.91. The summed E-state index contributed by atoms with van der Waals surface area (Å²) in [6.07, 6.45) is 2.07. The van der Waals surface area contributed by atoms with Crippen molar-refractivity contribution in [3.8, 4) is 11.8 Å². The first kappa shape index (κ1) is 22.7. The Kier molecular flexibility index (Phi) is 6.65. The van der Waals surface area contributed by atoms with E-state index in [1.54, 1.807) is 16.7 Å². The third kappa shape index (κ3) is 4.71. The molecule has 2 aromatic rings. The Balaban J connectivity index is 2.22. The van der Waals surface area contributed by atoms with Crippen LogP contribution >= 0.6 is 0 Å². The first-order valence-electron chi connectivity index (χ1n) is 10.2. The van der Waals surface area contributed by atoms with Gasteiger partial charge in [-0.2, -0.15) is 0 Å². The molecule has 0 bridgehead atoms. The average Bonchev–Trinajstić information content (AvgIpc) is 2.73. The van der Waals surface area contributed by atoms with Gasteiger partial charge in [-0.3, -0.25) is 9.59 Å². The Morgan fingerprint density at radius 1 is 1.39 bits per heavy atom. The number of hydrogen-bond donors (Lipinski definition) is 4. The summed E-state index contributed by atoms with van der Waals surface area (Å²) in [5.41, 5.74) is 5.03. The predicted molar refractivity (Wildman–Crippen MR) is 117 cm³/mol. The number of fused-ring (bicyclic) bond motifs is 1. The predicted octanol–water partition coefficient (Wildman–Crippen LogP) is 0.563. The minimum Gasteiger partial charge on any atom is -0.393 e. The quantitative estimate of drug-likeness (QED) is 0.522. The number of rotatable bonds is 4. The van der Waals surface area contributed by atoms with Gasteiger partial charge in [0.05, 0.1) is 18.1 Å². The summed E-state index contributed by atoms with van der Waals surface area (Å²) < 4.78 is 6.67. The smallest absolute Gasteiger partial charge is 0.258 e. The zero-order valence-electron chi connectivity index (χ0n) is 17.9. The number of nitrogens with zero attached hydrogens (tertiary/aromatic N) is 2. The summed E-state index contributed by atoms with van der Waals surface area (Å²) in [5.74, 6) is 5.02. The van der Waals surface area contributed by atoms with E-state index >= 15 is 0 Å². The Morgan fingerprint density at radius 2 is 2.06 bits per heavy atom. The monoisotopic (exact) mass is 428 g/mol. The molecule has 0 aliphatic heterocycles. The second-order valence-corrected chi connectivity index (χ2v) is 8.03. The number of nitrogens with two attached hydrogens (primary N) is 1.